The molecule has 0 bridgehead atoms. The molecule has 5 nitrogen and oxygen atoms in total. The van der Waals surface area contributed by atoms with E-state index in [2.05, 4.69) is 10.4 Å². The highest BCUT2D eigenvalue weighted by Crippen LogP contribution is 2.30. The van der Waals surface area contributed by atoms with Crippen LogP contribution in [0.4, 0.5) is 0 Å². The SMILES string of the molecule is Cn1nccc1CNCC1COc2ccccc2O1. The van der Waals surface area contributed by atoms with E-state index in [0.717, 1.165) is 30.3 Å². The molecule has 1 aliphatic heterocycles. The Kier molecular flexibility index (Phi) is 3.37. The van der Waals surface area contributed by atoms with E-state index >= 15 is 0 Å². The number of para-hydroxylation sites is 2. The van der Waals surface area contributed by atoms with Crippen molar-refractivity contribution in [2.24, 2.45) is 7.05 Å². The number of fused-ring (bicyclic) bond motifs is 1. The summed E-state index contributed by atoms with van der Waals surface area (Å²) >= 11 is 0. The topological polar surface area (TPSA) is 48.3 Å². The molecular weight excluding hydrogens is 242 g/mol. The molecule has 0 saturated carbocycles. The van der Waals surface area contributed by atoms with Gasteiger partial charge < -0.3 is 14.8 Å². The Morgan fingerprint density at radius 2 is 2.16 bits per heavy atom. The van der Waals surface area contributed by atoms with E-state index in [9.17, 15) is 0 Å². The Balaban J connectivity index is 1.51. The Bertz CT molecular complexity index is 553. The number of ether oxygens (including phenoxy) is 2. The lowest BCUT2D eigenvalue weighted by atomic mass is 10.2. The van der Waals surface area contributed by atoms with Crippen LogP contribution < -0.4 is 14.8 Å². The number of hydrogen-bond acceptors (Lipinski definition) is 4. The summed E-state index contributed by atoms with van der Waals surface area (Å²) in [4.78, 5) is 0. The van der Waals surface area contributed by atoms with E-state index < -0.39 is 0 Å². The largest absolute Gasteiger partial charge is 0.486 e. The van der Waals surface area contributed by atoms with Crippen molar-refractivity contribution < 1.29 is 9.47 Å². The molecule has 5 heteroatoms. The Labute approximate surface area is 112 Å². The van der Waals surface area contributed by atoms with Crippen molar-refractivity contribution in [3.8, 4) is 11.5 Å². The first-order valence-corrected chi connectivity index (χ1v) is 6.39. The lowest BCUT2D eigenvalue weighted by molar-refractivity contribution is 0.0901. The normalized spacial score (nSPS) is 17.4. The van der Waals surface area contributed by atoms with Gasteiger partial charge in [0.1, 0.15) is 12.7 Å². The first kappa shape index (κ1) is 12.0. The molecule has 19 heavy (non-hydrogen) atoms. The van der Waals surface area contributed by atoms with Gasteiger partial charge in [0.15, 0.2) is 11.5 Å². The third-order valence-corrected chi connectivity index (χ3v) is 3.17. The van der Waals surface area contributed by atoms with Gasteiger partial charge in [-0.2, -0.15) is 5.10 Å². The van der Waals surface area contributed by atoms with E-state index in [1.165, 1.54) is 0 Å². The monoisotopic (exact) mass is 259 g/mol. The number of aryl methyl sites for hydroxylation is 1. The van der Waals surface area contributed by atoms with Gasteiger partial charge in [0.2, 0.25) is 0 Å². The molecule has 1 aliphatic rings. The number of nitrogens with zero attached hydrogens (tertiary/aromatic N) is 2. The van der Waals surface area contributed by atoms with Crippen LogP contribution in [0.1, 0.15) is 5.69 Å². The lowest BCUT2D eigenvalue weighted by Gasteiger charge is -2.26. The van der Waals surface area contributed by atoms with Crippen molar-refractivity contribution in [2.75, 3.05) is 13.2 Å². The van der Waals surface area contributed by atoms with E-state index in [1.807, 2.05) is 42.1 Å². The maximum Gasteiger partial charge on any atom is 0.161 e. The number of aromatic nitrogens is 2. The van der Waals surface area contributed by atoms with Gasteiger partial charge in [0, 0.05) is 26.3 Å². The summed E-state index contributed by atoms with van der Waals surface area (Å²) in [5.74, 6) is 1.64. The second-order valence-corrected chi connectivity index (χ2v) is 4.57. The summed E-state index contributed by atoms with van der Waals surface area (Å²) in [7, 11) is 1.94. The molecule has 1 aromatic heterocycles. The Morgan fingerprint density at radius 1 is 1.32 bits per heavy atom. The first-order chi connectivity index (χ1) is 9.33. The maximum absolute atomic E-state index is 5.87. The predicted molar refractivity (Wildman–Crippen MR) is 71.3 cm³/mol. The number of nitrogens with one attached hydrogen (secondary N) is 1. The van der Waals surface area contributed by atoms with Gasteiger partial charge in [-0.25, -0.2) is 0 Å². The Morgan fingerprint density at radius 3 is 2.95 bits per heavy atom. The van der Waals surface area contributed by atoms with Crippen molar-refractivity contribution in [1.29, 1.82) is 0 Å². The molecule has 0 radical (unpaired) electrons. The maximum atomic E-state index is 5.87. The predicted octanol–water partition coefficient (Wildman–Crippen LogP) is 1.35. The van der Waals surface area contributed by atoms with Crippen LogP contribution in [0.25, 0.3) is 0 Å². The summed E-state index contributed by atoms with van der Waals surface area (Å²) in [5.41, 5.74) is 1.15. The summed E-state index contributed by atoms with van der Waals surface area (Å²) in [6.45, 7) is 2.10. The van der Waals surface area contributed by atoms with Crippen LogP contribution in [0.2, 0.25) is 0 Å². The fraction of sp³-hybridized carbons (Fsp3) is 0.357. The molecule has 1 unspecified atom stereocenters. The molecule has 2 heterocycles. The number of hydrogen-bond donors (Lipinski definition) is 1. The zero-order valence-electron chi connectivity index (χ0n) is 10.9. The molecule has 100 valence electrons. The molecule has 0 saturated heterocycles. The average molecular weight is 259 g/mol. The van der Waals surface area contributed by atoms with Crippen molar-refractivity contribution in [3.05, 3.63) is 42.2 Å². The third kappa shape index (κ3) is 2.71. The molecule has 0 fully saturated rings. The summed E-state index contributed by atoms with van der Waals surface area (Å²) in [6.07, 6.45) is 1.84. The smallest absolute Gasteiger partial charge is 0.161 e. The lowest BCUT2D eigenvalue weighted by Crippen LogP contribution is -2.38. The van der Waals surface area contributed by atoms with Gasteiger partial charge >= 0.3 is 0 Å². The Hall–Kier alpha value is -2.01. The van der Waals surface area contributed by atoms with Crippen LogP contribution in [0.15, 0.2) is 36.5 Å². The van der Waals surface area contributed by atoms with Crippen LogP contribution >= 0.6 is 0 Å². The van der Waals surface area contributed by atoms with Crippen molar-refractivity contribution >= 4 is 0 Å². The fourth-order valence-corrected chi connectivity index (χ4v) is 2.10. The number of benzene rings is 1. The molecule has 2 aromatic rings. The van der Waals surface area contributed by atoms with Crippen LogP contribution in [0.5, 0.6) is 11.5 Å². The van der Waals surface area contributed by atoms with Gasteiger partial charge in [-0.1, -0.05) is 12.1 Å². The van der Waals surface area contributed by atoms with Gasteiger partial charge in [-0.3, -0.25) is 4.68 Å². The quantitative estimate of drug-likeness (QED) is 0.900. The van der Waals surface area contributed by atoms with Crippen LogP contribution in [-0.2, 0) is 13.6 Å². The molecule has 0 spiro atoms. The minimum absolute atomic E-state index is 0.0446. The zero-order valence-corrected chi connectivity index (χ0v) is 10.9. The van der Waals surface area contributed by atoms with E-state index in [4.69, 9.17) is 9.47 Å². The van der Waals surface area contributed by atoms with Crippen molar-refractivity contribution in [3.63, 3.8) is 0 Å². The molecule has 0 amide bonds. The molecule has 3 rings (SSSR count). The number of rotatable bonds is 4. The first-order valence-electron chi connectivity index (χ1n) is 6.39. The van der Waals surface area contributed by atoms with E-state index in [1.54, 1.807) is 6.20 Å². The zero-order chi connectivity index (χ0) is 13.1. The molecule has 1 atom stereocenters. The molecule has 1 aromatic carbocycles. The van der Waals surface area contributed by atoms with Crippen LogP contribution in [0, 0.1) is 0 Å². The molecule has 1 N–H and O–H groups in total. The van der Waals surface area contributed by atoms with Gasteiger partial charge in [0.25, 0.3) is 0 Å². The second kappa shape index (κ2) is 5.32. The minimum atomic E-state index is 0.0446. The van der Waals surface area contributed by atoms with E-state index in [-0.39, 0.29) is 6.10 Å². The van der Waals surface area contributed by atoms with Crippen molar-refractivity contribution in [2.45, 2.75) is 12.6 Å². The summed E-state index contributed by atoms with van der Waals surface area (Å²) < 4.78 is 13.4. The summed E-state index contributed by atoms with van der Waals surface area (Å²) in [6, 6.07) is 9.76. The van der Waals surface area contributed by atoms with Crippen molar-refractivity contribution in [1.82, 2.24) is 15.1 Å². The van der Waals surface area contributed by atoms with Crippen LogP contribution in [-0.4, -0.2) is 29.0 Å². The van der Waals surface area contributed by atoms with Crippen LogP contribution in [0.3, 0.4) is 0 Å². The molecular formula is C14H17N3O2. The van der Waals surface area contributed by atoms with Gasteiger partial charge in [-0.05, 0) is 18.2 Å². The summed E-state index contributed by atoms with van der Waals surface area (Å²) in [5, 5.41) is 7.50. The average Bonchev–Trinajstić information content (AvgIpc) is 2.84. The molecule has 0 aliphatic carbocycles. The highest BCUT2D eigenvalue weighted by Gasteiger charge is 2.19. The van der Waals surface area contributed by atoms with E-state index in [0.29, 0.717) is 6.61 Å². The minimum Gasteiger partial charge on any atom is -0.486 e. The highest BCUT2D eigenvalue weighted by atomic mass is 16.6. The standard InChI is InChI=1S/C14H17N3O2/c1-17-11(6-7-16-17)8-15-9-12-10-18-13-4-2-3-5-14(13)19-12/h2-7,12,15H,8-10H2,1H3. The second-order valence-electron chi connectivity index (χ2n) is 4.57. The fourth-order valence-electron chi connectivity index (χ4n) is 2.10. The van der Waals surface area contributed by atoms with Gasteiger partial charge in [0.05, 0.1) is 5.69 Å². The highest BCUT2D eigenvalue weighted by molar-refractivity contribution is 5.40. The van der Waals surface area contributed by atoms with Gasteiger partial charge in [-0.15, -0.1) is 0 Å². The third-order valence-electron chi connectivity index (χ3n) is 3.17.